The van der Waals surface area contributed by atoms with Gasteiger partial charge in [-0.25, -0.2) is 0 Å². The van der Waals surface area contributed by atoms with Crippen molar-refractivity contribution in [2.24, 2.45) is 0 Å². The van der Waals surface area contributed by atoms with Crippen molar-refractivity contribution in [2.75, 3.05) is 59.1 Å². The molecule has 0 aliphatic rings. The molecule has 0 heterocycles. The molecule has 0 amide bonds. The van der Waals surface area contributed by atoms with Crippen molar-refractivity contribution in [3.05, 3.63) is 0 Å². The van der Waals surface area contributed by atoms with Gasteiger partial charge in [-0.1, -0.05) is 20.8 Å². The average Bonchev–Trinajstić information content (AvgIpc) is 2.49. The summed E-state index contributed by atoms with van der Waals surface area (Å²) in [6, 6.07) is 0. The highest BCUT2D eigenvalue weighted by Crippen LogP contribution is 1.73. The first-order valence-electron chi connectivity index (χ1n) is 7.63. The molecule has 0 aliphatic carbocycles. The van der Waals surface area contributed by atoms with E-state index in [2.05, 4.69) is 40.8 Å². The van der Waals surface area contributed by atoms with E-state index in [4.69, 9.17) is 0 Å². The van der Waals surface area contributed by atoms with Crippen LogP contribution in [0.5, 0.6) is 0 Å². The minimum atomic E-state index is 1.07. The summed E-state index contributed by atoms with van der Waals surface area (Å²) >= 11 is 3.53. The maximum atomic E-state index is 3.53. The summed E-state index contributed by atoms with van der Waals surface area (Å²) in [6.07, 6.45) is 4.12. The minimum absolute atomic E-state index is 1.07. The molecule has 0 unspecified atom stereocenters. The lowest BCUT2D eigenvalue weighted by Crippen LogP contribution is -2.30. The highest BCUT2D eigenvalue weighted by Gasteiger charge is 1.89. The van der Waals surface area contributed by atoms with Gasteiger partial charge in [-0.05, 0) is 58.9 Å². The summed E-state index contributed by atoms with van der Waals surface area (Å²) in [5.74, 6) is 0. The third-order valence-electron chi connectivity index (χ3n) is 2.22. The second kappa shape index (κ2) is 30.9. The Bertz CT molecular complexity index is 104. The van der Waals surface area contributed by atoms with E-state index < -0.39 is 0 Å². The molecule has 0 aromatic heterocycles. The smallest absolute Gasteiger partial charge is 0.00767 e. The summed E-state index contributed by atoms with van der Waals surface area (Å²) in [5.41, 5.74) is 0. The van der Waals surface area contributed by atoms with Gasteiger partial charge in [0, 0.05) is 13.1 Å². The van der Waals surface area contributed by atoms with Crippen molar-refractivity contribution in [3.8, 4) is 0 Å². The number of hydrogen-bond donors (Lipinski definition) is 5. The molecule has 19 heavy (non-hydrogen) atoms. The zero-order valence-electron chi connectivity index (χ0n) is 13.8. The van der Waals surface area contributed by atoms with Gasteiger partial charge in [-0.3, -0.25) is 0 Å². The predicted octanol–water partition coefficient (Wildman–Crippen LogP) is 1.35. The molecule has 4 N–H and O–H groups in total. The fourth-order valence-corrected chi connectivity index (χ4v) is 1.33. The molecule has 120 valence electrons. The number of thiol groups is 1. The van der Waals surface area contributed by atoms with Crippen LogP contribution >= 0.6 is 12.6 Å². The Labute approximate surface area is 127 Å². The number of nitrogens with one attached hydrogen (secondary N) is 4. The second-order valence-corrected chi connectivity index (χ2v) is 3.66. The summed E-state index contributed by atoms with van der Waals surface area (Å²) in [7, 11) is 1.99. The molecule has 0 bridgehead atoms. The van der Waals surface area contributed by atoms with E-state index in [1.807, 2.05) is 20.9 Å². The largest absolute Gasteiger partial charge is 0.320 e. The maximum Gasteiger partial charge on any atom is 0.00767 e. The van der Waals surface area contributed by atoms with Crippen LogP contribution in [-0.2, 0) is 0 Å². The lowest BCUT2D eigenvalue weighted by molar-refractivity contribution is 0.567. The van der Waals surface area contributed by atoms with Crippen LogP contribution in [0.1, 0.15) is 33.6 Å². The van der Waals surface area contributed by atoms with E-state index >= 15 is 0 Å². The molecule has 0 aromatic rings. The van der Waals surface area contributed by atoms with Gasteiger partial charge >= 0.3 is 0 Å². The molecule has 0 saturated carbocycles. The van der Waals surface area contributed by atoms with Crippen LogP contribution in [0.3, 0.4) is 0 Å². The lowest BCUT2D eigenvalue weighted by atomic mass is 10.4. The van der Waals surface area contributed by atoms with E-state index in [0.717, 1.165) is 45.8 Å². The number of rotatable bonds is 12. The van der Waals surface area contributed by atoms with Crippen LogP contribution in [0.25, 0.3) is 0 Å². The van der Waals surface area contributed by atoms with Crippen molar-refractivity contribution in [1.82, 2.24) is 21.3 Å². The zero-order valence-corrected chi connectivity index (χ0v) is 14.7. The maximum absolute atomic E-state index is 3.53. The molecule has 0 radical (unpaired) electrons. The molecule has 0 saturated heterocycles. The standard InChI is InChI=1S/C11H28N4.C2H6.CH4S/c1-3-13-7-5-9-15-11-10-14-8-4-6-12-2;2*1-2/h12-15H,3-11H2,1-2H3;1-2H3;2H,1H3. The van der Waals surface area contributed by atoms with Crippen molar-refractivity contribution in [3.63, 3.8) is 0 Å². The lowest BCUT2D eigenvalue weighted by Gasteiger charge is -2.06. The highest BCUT2D eigenvalue weighted by atomic mass is 32.1. The number of hydrogen-bond acceptors (Lipinski definition) is 5. The first kappa shape index (κ1) is 24.2. The molecule has 0 aromatic carbocycles. The Hall–Kier alpha value is 0.190. The van der Waals surface area contributed by atoms with Crippen LogP contribution < -0.4 is 21.3 Å². The first-order chi connectivity index (χ1) is 9.41. The Morgan fingerprint density at radius 2 is 1.11 bits per heavy atom. The average molecular weight is 295 g/mol. The molecular formula is C14H38N4S. The highest BCUT2D eigenvalue weighted by molar-refractivity contribution is 7.79. The normalized spacial score (nSPS) is 9.16. The monoisotopic (exact) mass is 294 g/mol. The molecule has 4 nitrogen and oxygen atoms in total. The van der Waals surface area contributed by atoms with Crippen LogP contribution in [-0.4, -0.2) is 59.1 Å². The van der Waals surface area contributed by atoms with E-state index in [0.29, 0.717) is 0 Å². The van der Waals surface area contributed by atoms with Crippen molar-refractivity contribution < 1.29 is 0 Å². The van der Waals surface area contributed by atoms with Gasteiger partial charge < -0.3 is 21.3 Å². The van der Waals surface area contributed by atoms with E-state index in [9.17, 15) is 0 Å². The molecule has 5 heteroatoms. The molecule has 0 aliphatic heterocycles. The third-order valence-corrected chi connectivity index (χ3v) is 2.22. The van der Waals surface area contributed by atoms with Crippen LogP contribution in [0, 0.1) is 0 Å². The Morgan fingerprint density at radius 3 is 1.53 bits per heavy atom. The minimum Gasteiger partial charge on any atom is -0.320 e. The van der Waals surface area contributed by atoms with Gasteiger partial charge in [0.15, 0.2) is 0 Å². The summed E-state index contributed by atoms with van der Waals surface area (Å²) < 4.78 is 0. The van der Waals surface area contributed by atoms with E-state index in [-0.39, 0.29) is 0 Å². The second-order valence-electron chi connectivity index (χ2n) is 3.66. The SMILES string of the molecule is CC.CCNCCCNCCNCCCNC.CS. The van der Waals surface area contributed by atoms with Gasteiger partial charge in [0.1, 0.15) is 0 Å². The fraction of sp³-hybridized carbons (Fsp3) is 1.00. The third kappa shape index (κ3) is 32.1. The Kier molecular flexibility index (Phi) is 39.4. The summed E-state index contributed by atoms with van der Waals surface area (Å²) in [4.78, 5) is 0. The van der Waals surface area contributed by atoms with Gasteiger partial charge in [0.05, 0.1) is 0 Å². The Balaban J connectivity index is -0.000000579. The zero-order chi connectivity index (χ0) is 15.2. The van der Waals surface area contributed by atoms with Crippen LogP contribution in [0.4, 0.5) is 0 Å². The van der Waals surface area contributed by atoms with Crippen molar-refractivity contribution in [1.29, 1.82) is 0 Å². The predicted molar refractivity (Wildman–Crippen MR) is 93.7 cm³/mol. The fourth-order valence-electron chi connectivity index (χ4n) is 1.33. The molecule has 0 atom stereocenters. The first-order valence-corrected chi connectivity index (χ1v) is 8.52. The molecule has 0 rings (SSSR count). The van der Waals surface area contributed by atoms with E-state index in [1.165, 1.54) is 12.8 Å². The quantitative estimate of drug-likeness (QED) is 0.279. The van der Waals surface area contributed by atoms with Crippen LogP contribution in [0.2, 0.25) is 0 Å². The van der Waals surface area contributed by atoms with Crippen LogP contribution in [0.15, 0.2) is 0 Å². The Morgan fingerprint density at radius 1 is 0.684 bits per heavy atom. The molecule has 0 fully saturated rings. The summed E-state index contributed by atoms with van der Waals surface area (Å²) in [6.45, 7) is 13.8. The molecule has 0 spiro atoms. The van der Waals surface area contributed by atoms with Gasteiger partial charge in [0.2, 0.25) is 0 Å². The summed E-state index contributed by atoms with van der Waals surface area (Å²) in [5, 5.41) is 13.3. The van der Waals surface area contributed by atoms with Crippen molar-refractivity contribution in [2.45, 2.75) is 33.6 Å². The van der Waals surface area contributed by atoms with E-state index in [1.54, 1.807) is 6.26 Å². The van der Waals surface area contributed by atoms with Gasteiger partial charge in [-0.15, -0.1) is 0 Å². The van der Waals surface area contributed by atoms with Gasteiger partial charge in [0.25, 0.3) is 0 Å². The van der Waals surface area contributed by atoms with Crippen molar-refractivity contribution >= 4 is 12.6 Å². The van der Waals surface area contributed by atoms with Gasteiger partial charge in [-0.2, -0.15) is 12.6 Å². The molecular weight excluding hydrogens is 256 g/mol. The topological polar surface area (TPSA) is 48.1 Å².